The molecule has 5 nitrogen and oxygen atoms in total. The minimum absolute atomic E-state index is 0. The van der Waals surface area contributed by atoms with Crippen molar-refractivity contribution in [1.29, 1.82) is 0 Å². The monoisotopic (exact) mass is 269 g/mol. The molecule has 0 saturated carbocycles. The molecule has 0 spiro atoms. The van der Waals surface area contributed by atoms with Crippen LogP contribution in [0.3, 0.4) is 0 Å². The summed E-state index contributed by atoms with van der Waals surface area (Å²) in [5.74, 6) is -0.385. The molecule has 2 aromatic heterocycles. The molecule has 2 heterocycles. The largest absolute Gasteiger partial charge is 0.355 e. The van der Waals surface area contributed by atoms with E-state index in [0.717, 1.165) is 0 Å². The first-order valence-corrected chi connectivity index (χ1v) is 6.12. The highest BCUT2D eigenvalue weighted by atomic mass is 32.1. The zero-order chi connectivity index (χ0) is 13.0. The van der Waals surface area contributed by atoms with Gasteiger partial charge in [-0.1, -0.05) is 21.3 Å². The van der Waals surface area contributed by atoms with Gasteiger partial charge in [-0.3, -0.25) is 9.59 Å². The first kappa shape index (κ1) is 16.3. The summed E-state index contributed by atoms with van der Waals surface area (Å²) in [7, 11) is 1.49. The summed E-state index contributed by atoms with van der Waals surface area (Å²) in [5.41, 5.74) is 0.504. The highest BCUT2D eigenvalue weighted by molar-refractivity contribution is 7.12. The molecular formula is C12H19N3O2S. The number of amides is 1. The summed E-state index contributed by atoms with van der Waals surface area (Å²) in [6.45, 7) is 5.75. The second kappa shape index (κ2) is 6.90. The standard InChI is InChI=1S/C9H9N3O2S.C2H6.CH4/c1-4-6-7(13)5(8(14)10-2)3-11-9(6)15-12-4;1-2;/h3H,1-2H3,(H,10,14)(H,11,13);1-2H3;1H4. The number of hydrogen-bond acceptors (Lipinski definition) is 4. The van der Waals surface area contributed by atoms with Crippen molar-refractivity contribution in [3.8, 4) is 0 Å². The molecule has 1 amide bonds. The van der Waals surface area contributed by atoms with Crippen molar-refractivity contribution in [1.82, 2.24) is 14.7 Å². The molecule has 2 rings (SSSR count). The molecule has 0 aliphatic carbocycles. The van der Waals surface area contributed by atoms with E-state index in [-0.39, 0.29) is 24.3 Å². The fourth-order valence-corrected chi connectivity index (χ4v) is 2.14. The number of carbonyl (C=O) groups is 1. The van der Waals surface area contributed by atoms with Crippen molar-refractivity contribution in [2.75, 3.05) is 7.05 Å². The number of pyridine rings is 1. The number of nitrogens with zero attached hydrogens (tertiary/aromatic N) is 1. The minimum atomic E-state index is -0.385. The van der Waals surface area contributed by atoms with Crippen LogP contribution in [0.25, 0.3) is 10.2 Å². The average molecular weight is 269 g/mol. The van der Waals surface area contributed by atoms with E-state index in [1.807, 2.05) is 13.8 Å². The van der Waals surface area contributed by atoms with Crippen molar-refractivity contribution in [3.63, 3.8) is 0 Å². The number of rotatable bonds is 1. The van der Waals surface area contributed by atoms with Gasteiger partial charge in [-0.05, 0) is 18.5 Å². The second-order valence-corrected chi connectivity index (χ2v) is 3.86. The zero-order valence-corrected chi connectivity index (χ0v) is 11.1. The van der Waals surface area contributed by atoms with Crippen LogP contribution in [0.1, 0.15) is 37.3 Å². The molecular weight excluding hydrogens is 250 g/mol. The predicted molar refractivity (Wildman–Crippen MR) is 76.4 cm³/mol. The van der Waals surface area contributed by atoms with Gasteiger partial charge in [-0.15, -0.1) is 0 Å². The van der Waals surface area contributed by atoms with Gasteiger partial charge in [-0.2, -0.15) is 4.37 Å². The van der Waals surface area contributed by atoms with Gasteiger partial charge in [0.2, 0.25) is 5.43 Å². The first-order valence-electron chi connectivity index (χ1n) is 5.35. The molecule has 100 valence electrons. The molecule has 0 saturated heterocycles. The summed E-state index contributed by atoms with van der Waals surface area (Å²) in [6, 6.07) is 0. The number of nitrogens with one attached hydrogen (secondary N) is 2. The van der Waals surface area contributed by atoms with Gasteiger partial charge >= 0.3 is 0 Å². The van der Waals surface area contributed by atoms with E-state index in [1.165, 1.54) is 24.8 Å². The number of fused-ring (bicyclic) bond motifs is 1. The van der Waals surface area contributed by atoms with Crippen molar-refractivity contribution in [3.05, 3.63) is 27.7 Å². The average Bonchev–Trinajstić information content (AvgIpc) is 2.74. The Morgan fingerprint density at radius 1 is 1.44 bits per heavy atom. The van der Waals surface area contributed by atoms with Crippen LogP contribution in [0, 0.1) is 6.92 Å². The Hall–Kier alpha value is -1.69. The molecule has 0 atom stereocenters. The van der Waals surface area contributed by atoms with Crippen LogP contribution in [0.4, 0.5) is 0 Å². The smallest absolute Gasteiger partial charge is 0.256 e. The summed E-state index contributed by atoms with van der Waals surface area (Å²) in [5, 5.41) is 2.92. The van der Waals surface area contributed by atoms with Gasteiger partial charge < -0.3 is 10.3 Å². The number of H-pyrrole nitrogens is 1. The molecule has 0 radical (unpaired) electrons. The van der Waals surface area contributed by atoms with Gasteiger partial charge in [0.25, 0.3) is 5.91 Å². The summed E-state index contributed by atoms with van der Waals surface area (Å²) in [4.78, 5) is 26.9. The number of carbonyl (C=O) groups excluding carboxylic acids is 1. The van der Waals surface area contributed by atoms with E-state index < -0.39 is 0 Å². The lowest BCUT2D eigenvalue weighted by Crippen LogP contribution is -2.25. The molecule has 0 aliphatic rings. The van der Waals surface area contributed by atoms with Crippen LogP contribution in [-0.4, -0.2) is 22.3 Å². The summed E-state index contributed by atoms with van der Waals surface area (Å²) < 4.78 is 4.06. The third-order valence-electron chi connectivity index (χ3n) is 2.15. The van der Waals surface area contributed by atoms with Gasteiger partial charge in [-0.25, -0.2) is 0 Å². The lowest BCUT2D eigenvalue weighted by atomic mass is 10.2. The highest BCUT2D eigenvalue weighted by Crippen LogP contribution is 2.16. The Bertz CT molecular complexity index is 587. The summed E-state index contributed by atoms with van der Waals surface area (Å²) in [6.07, 6.45) is 1.42. The van der Waals surface area contributed by atoms with Crippen molar-refractivity contribution < 1.29 is 4.79 Å². The molecule has 6 heteroatoms. The van der Waals surface area contributed by atoms with Crippen LogP contribution >= 0.6 is 11.5 Å². The lowest BCUT2D eigenvalue weighted by molar-refractivity contribution is 0.0962. The fourth-order valence-electron chi connectivity index (χ4n) is 1.38. The molecule has 2 aromatic rings. The molecule has 0 bridgehead atoms. The van der Waals surface area contributed by atoms with E-state index in [2.05, 4.69) is 14.7 Å². The number of aryl methyl sites for hydroxylation is 1. The third kappa shape index (κ3) is 2.76. The SMILES string of the molecule is C.CC.CNC(=O)c1c[nH]c2snc(C)c2c1=O. The Morgan fingerprint density at radius 2 is 2.06 bits per heavy atom. The number of hydrogen-bond donors (Lipinski definition) is 2. The lowest BCUT2D eigenvalue weighted by Gasteiger charge is -1.98. The van der Waals surface area contributed by atoms with Gasteiger partial charge in [0, 0.05) is 13.2 Å². The van der Waals surface area contributed by atoms with E-state index in [1.54, 1.807) is 6.92 Å². The van der Waals surface area contributed by atoms with Crippen LogP contribution in [-0.2, 0) is 0 Å². The maximum absolute atomic E-state index is 11.9. The van der Waals surface area contributed by atoms with Crippen LogP contribution < -0.4 is 10.7 Å². The predicted octanol–water partition coefficient (Wildman–Crippen LogP) is 2.31. The van der Waals surface area contributed by atoms with Crippen molar-refractivity contribution in [2.24, 2.45) is 0 Å². The molecule has 0 fully saturated rings. The maximum atomic E-state index is 11.9. The third-order valence-corrected chi connectivity index (χ3v) is 3.02. The van der Waals surface area contributed by atoms with E-state index in [9.17, 15) is 9.59 Å². The maximum Gasteiger partial charge on any atom is 0.256 e. The highest BCUT2D eigenvalue weighted by Gasteiger charge is 2.14. The Morgan fingerprint density at radius 3 is 2.61 bits per heavy atom. The number of aromatic amines is 1. The number of aromatic nitrogens is 2. The van der Waals surface area contributed by atoms with Crippen LogP contribution in [0.2, 0.25) is 0 Å². The first-order chi connectivity index (χ1) is 8.15. The summed E-state index contributed by atoms with van der Waals surface area (Å²) >= 11 is 1.22. The minimum Gasteiger partial charge on any atom is -0.355 e. The Labute approximate surface area is 110 Å². The van der Waals surface area contributed by atoms with Crippen molar-refractivity contribution >= 4 is 27.7 Å². The van der Waals surface area contributed by atoms with E-state index >= 15 is 0 Å². The molecule has 18 heavy (non-hydrogen) atoms. The Balaban J connectivity index is 0.000000917. The normalized spacial score (nSPS) is 9.11. The molecule has 0 aliphatic heterocycles. The van der Waals surface area contributed by atoms with Gasteiger partial charge in [0.1, 0.15) is 10.4 Å². The fraction of sp³-hybridized carbons (Fsp3) is 0.417. The van der Waals surface area contributed by atoms with Gasteiger partial charge in [0.15, 0.2) is 0 Å². The topological polar surface area (TPSA) is 74.8 Å². The van der Waals surface area contributed by atoms with Crippen molar-refractivity contribution in [2.45, 2.75) is 28.2 Å². The molecule has 0 aromatic carbocycles. The zero-order valence-electron chi connectivity index (χ0n) is 10.2. The Kier molecular flexibility index (Phi) is 6.26. The molecule has 2 N–H and O–H groups in total. The van der Waals surface area contributed by atoms with E-state index in [4.69, 9.17) is 0 Å². The second-order valence-electron chi connectivity index (χ2n) is 3.08. The van der Waals surface area contributed by atoms with Crippen LogP contribution in [0.15, 0.2) is 11.0 Å². The quantitative estimate of drug-likeness (QED) is 0.834. The molecule has 0 unspecified atom stereocenters. The van der Waals surface area contributed by atoms with Gasteiger partial charge in [0.05, 0.1) is 11.1 Å². The van der Waals surface area contributed by atoms with E-state index in [0.29, 0.717) is 15.9 Å². The van der Waals surface area contributed by atoms with Crippen LogP contribution in [0.5, 0.6) is 0 Å².